The Morgan fingerprint density at radius 2 is 2.09 bits per heavy atom. The van der Waals surface area contributed by atoms with Crippen molar-refractivity contribution in [1.29, 1.82) is 0 Å². The molecule has 1 aromatic heterocycles. The van der Waals surface area contributed by atoms with Crippen LogP contribution in [0.15, 0.2) is 23.5 Å². The summed E-state index contributed by atoms with van der Waals surface area (Å²) < 4.78 is 26.8. The van der Waals surface area contributed by atoms with E-state index in [4.69, 9.17) is 0 Å². The zero-order valence-electron chi connectivity index (χ0n) is 13.3. The lowest BCUT2D eigenvalue weighted by atomic mass is 10.4. The first-order chi connectivity index (χ1) is 10.6. The molecular weight excluding hydrogens is 431 g/mol. The van der Waals surface area contributed by atoms with E-state index in [0.717, 1.165) is 25.9 Å². The van der Waals surface area contributed by atoms with E-state index in [2.05, 4.69) is 20.7 Å². The van der Waals surface area contributed by atoms with Gasteiger partial charge < -0.3 is 10.6 Å². The maximum atomic E-state index is 11.7. The van der Waals surface area contributed by atoms with Crippen LogP contribution in [0.3, 0.4) is 0 Å². The smallest absolute Gasteiger partial charge is 0.214 e. The first-order valence-electron chi connectivity index (χ1n) is 7.51. The van der Waals surface area contributed by atoms with Crippen LogP contribution in [0.5, 0.6) is 0 Å². The number of guanidine groups is 1. The quantitative estimate of drug-likeness (QED) is 0.263. The molecular formula is C13H25IN6O2S. The summed E-state index contributed by atoms with van der Waals surface area (Å²) in [6, 6.07) is 1.90. The molecule has 1 fully saturated rings. The summed E-state index contributed by atoms with van der Waals surface area (Å²) >= 11 is 0. The number of sulfonamides is 1. The summed E-state index contributed by atoms with van der Waals surface area (Å²) in [4.78, 5) is 4.13. The molecule has 0 spiro atoms. The molecule has 0 aromatic carbocycles. The average molecular weight is 456 g/mol. The van der Waals surface area contributed by atoms with E-state index >= 15 is 0 Å². The van der Waals surface area contributed by atoms with Crippen LogP contribution in [0.1, 0.15) is 12.8 Å². The van der Waals surface area contributed by atoms with Crippen molar-refractivity contribution in [2.45, 2.75) is 19.4 Å². The van der Waals surface area contributed by atoms with Gasteiger partial charge in [-0.1, -0.05) is 0 Å². The molecule has 23 heavy (non-hydrogen) atoms. The van der Waals surface area contributed by atoms with Gasteiger partial charge in [-0.25, -0.2) is 12.7 Å². The third kappa shape index (κ3) is 6.63. The van der Waals surface area contributed by atoms with Gasteiger partial charge in [0, 0.05) is 52.2 Å². The monoisotopic (exact) mass is 456 g/mol. The van der Waals surface area contributed by atoms with E-state index in [1.165, 1.54) is 4.31 Å². The second-order valence-corrected chi connectivity index (χ2v) is 7.21. The summed E-state index contributed by atoms with van der Waals surface area (Å²) in [6.07, 6.45) is 5.36. The Hall–Kier alpha value is -0.880. The zero-order valence-corrected chi connectivity index (χ0v) is 16.5. The van der Waals surface area contributed by atoms with Crippen LogP contribution >= 0.6 is 24.0 Å². The van der Waals surface area contributed by atoms with Gasteiger partial charge in [0.15, 0.2) is 5.96 Å². The molecule has 0 atom stereocenters. The van der Waals surface area contributed by atoms with Gasteiger partial charge in [-0.05, 0) is 18.9 Å². The Morgan fingerprint density at radius 1 is 1.30 bits per heavy atom. The average Bonchev–Trinajstić information content (AvgIpc) is 3.11. The molecule has 2 heterocycles. The van der Waals surface area contributed by atoms with E-state index in [9.17, 15) is 8.42 Å². The van der Waals surface area contributed by atoms with Crippen LogP contribution in [-0.2, 0) is 16.6 Å². The number of halogens is 1. The lowest BCUT2D eigenvalue weighted by Crippen LogP contribution is -2.42. The molecule has 2 rings (SSSR count). The van der Waals surface area contributed by atoms with Gasteiger partial charge in [0.2, 0.25) is 10.0 Å². The van der Waals surface area contributed by atoms with Crippen molar-refractivity contribution in [3.63, 3.8) is 0 Å². The minimum Gasteiger partial charge on any atom is -0.356 e. The fourth-order valence-electron chi connectivity index (χ4n) is 2.34. The standard InChI is InChI=1S/C13H24N6O2S.HI/c1-14-13(15-5-2-8-18-9-3-6-17-18)16-7-11-19-10-4-12-22(19,20)21;/h3,6,9H,2,4-5,7-8,10-12H2,1H3,(H2,14,15,16);1H. The van der Waals surface area contributed by atoms with Crippen LogP contribution in [0.4, 0.5) is 0 Å². The minimum absolute atomic E-state index is 0. The summed E-state index contributed by atoms with van der Waals surface area (Å²) in [6.45, 7) is 3.29. The molecule has 10 heteroatoms. The maximum Gasteiger partial charge on any atom is 0.214 e. The van der Waals surface area contributed by atoms with E-state index in [-0.39, 0.29) is 29.7 Å². The second-order valence-electron chi connectivity index (χ2n) is 5.12. The van der Waals surface area contributed by atoms with Crippen molar-refractivity contribution < 1.29 is 8.42 Å². The minimum atomic E-state index is -3.01. The highest BCUT2D eigenvalue weighted by atomic mass is 127. The lowest BCUT2D eigenvalue weighted by molar-refractivity contribution is 0.445. The van der Waals surface area contributed by atoms with E-state index < -0.39 is 10.0 Å². The summed E-state index contributed by atoms with van der Waals surface area (Å²) in [5.74, 6) is 0.963. The molecule has 1 aliphatic rings. The molecule has 0 aliphatic carbocycles. The van der Waals surface area contributed by atoms with Crippen molar-refractivity contribution in [3.8, 4) is 0 Å². The zero-order chi connectivity index (χ0) is 15.8. The Morgan fingerprint density at radius 3 is 2.70 bits per heavy atom. The number of nitrogens with one attached hydrogen (secondary N) is 2. The fourth-order valence-corrected chi connectivity index (χ4v) is 3.87. The molecule has 0 saturated carbocycles. The number of rotatable bonds is 7. The molecule has 2 N–H and O–H groups in total. The number of aliphatic imine (C=N–C) groups is 1. The number of hydrogen-bond acceptors (Lipinski definition) is 4. The fraction of sp³-hybridized carbons (Fsp3) is 0.692. The molecule has 1 saturated heterocycles. The van der Waals surface area contributed by atoms with Crippen molar-refractivity contribution in [3.05, 3.63) is 18.5 Å². The Balaban J connectivity index is 0.00000264. The van der Waals surface area contributed by atoms with E-state index in [1.54, 1.807) is 13.2 Å². The van der Waals surface area contributed by atoms with Crippen molar-refractivity contribution >= 4 is 40.0 Å². The Bertz CT molecular complexity index is 575. The summed E-state index contributed by atoms with van der Waals surface area (Å²) in [7, 11) is -1.31. The van der Waals surface area contributed by atoms with Crippen LogP contribution in [0.25, 0.3) is 0 Å². The third-order valence-electron chi connectivity index (χ3n) is 3.50. The van der Waals surface area contributed by atoms with Crippen LogP contribution in [0.2, 0.25) is 0 Å². The van der Waals surface area contributed by atoms with Gasteiger partial charge in [0.25, 0.3) is 0 Å². The lowest BCUT2D eigenvalue weighted by Gasteiger charge is -2.16. The van der Waals surface area contributed by atoms with Gasteiger partial charge in [0.05, 0.1) is 5.75 Å². The highest BCUT2D eigenvalue weighted by molar-refractivity contribution is 14.0. The predicted octanol–water partition coefficient (Wildman–Crippen LogP) is 0.0917. The maximum absolute atomic E-state index is 11.7. The second kappa shape index (κ2) is 10.1. The SMILES string of the molecule is CN=C(NCCCn1cccn1)NCCN1CCCS1(=O)=O.I. The van der Waals surface area contributed by atoms with Gasteiger partial charge in [0.1, 0.15) is 0 Å². The first kappa shape index (κ1) is 20.2. The normalized spacial score (nSPS) is 17.7. The molecule has 1 aliphatic heterocycles. The van der Waals surface area contributed by atoms with Crippen molar-refractivity contribution in [1.82, 2.24) is 24.7 Å². The van der Waals surface area contributed by atoms with Crippen LogP contribution < -0.4 is 10.6 Å². The largest absolute Gasteiger partial charge is 0.356 e. The van der Waals surface area contributed by atoms with Crippen molar-refractivity contribution in [2.24, 2.45) is 4.99 Å². The number of aryl methyl sites for hydroxylation is 1. The number of nitrogens with zero attached hydrogens (tertiary/aromatic N) is 4. The van der Waals surface area contributed by atoms with Gasteiger partial charge >= 0.3 is 0 Å². The van der Waals surface area contributed by atoms with Gasteiger partial charge in [-0.2, -0.15) is 5.10 Å². The molecule has 132 valence electrons. The molecule has 8 nitrogen and oxygen atoms in total. The molecule has 0 amide bonds. The first-order valence-corrected chi connectivity index (χ1v) is 9.12. The number of hydrogen-bond donors (Lipinski definition) is 2. The van der Waals surface area contributed by atoms with Crippen LogP contribution in [0, 0.1) is 0 Å². The molecule has 0 unspecified atom stereocenters. The third-order valence-corrected chi connectivity index (χ3v) is 5.45. The van der Waals surface area contributed by atoms with E-state index in [0.29, 0.717) is 25.6 Å². The summed E-state index contributed by atoms with van der Waals surface area (Å²) in [5.41, 5.74) is 0. The Labute approximate surface area is 154 Å². The number of aromatic nitrogens is 2. The predicted molar refractivity (Wildman–Crippen MR) is 102 cm³/mol. The topological polar surface area (TPSA) is 91.6 Å². The van der Waals surface area contributed by atoms with Crippen LogP contribution in [-0.4, -0.2) is 67.4 Å². The van der Waals surface area contributed by atoms with Crippen molar-refractivity contribution in [2.75, 3.05) is 39.0 Å². The van der Waals surface area contributed by atoms with Gasteiger partial charge in [-0.3, -0.25) is 9.67 Å². The molecule has 0 radical (unpaired) electrons. The van der Waals surface area contributed by atoms with E-state index in [1.807, 2.05) is 16.9 Å². The van der Waals surface area contributed by atoms with Gasteiger partial charge in [-0.15, -0.1) is 24.0 Å². The highest BCUT2D eigenvalue weighted by Gasteiger charge is 2.27. The highest BCUT2D eigenvalue weighted by Crippen LogP contribution is 2.11. The summed E-state index contributed by atoms with van der Waals surface area (Å²) in [5, 5.41) is 10.5. The molecule has 0 bridgehead atoms. The molecule has 1 aromatic rings. The Kier molecular flexibility index (Phi) is 8.84.